The monoisotopic (exact) mass is 274 g/mol. The van der Waals surface area contributed by atoms with E-state index < -0.39 is 5.97 Å². The highest BCUT2D eigenvalue weighted by molar-refractivity contribution is 5.86. The Morgan fingerprint density at radius 1 is 1.50 bits per heavy atom. The quantitative estimate of drug-likeness (QED) is 0.846. The van der Waals surface area contributed by atoms with Crippen LogP contribution in [-0.2, 0) is 18.3 Å². The van der Waals surface area contributed by atoms with Crippen LogP contribution in [0.1, 0.15) is 30.4 Å². The van der Waals surface area contributed by atoms with Crippen LogP contribution in [0.2, 0.25) is 0 Å². The number of carboxylic acids is 1. The van der Waals surface area contributed by atoms with Crippen molar-refractivity contribution in [1.82, 2.24) is 19.3 Å². The van der Waals surface area contributed by atoms with Gasteiger partial charge in [-0.1, -0.05) is 6.92 Å². The molecule has 0 aliphatic heterocycles. The van der Waals surface area contributed by atoms with Gasteiger partial charge in [0.1, 0.15) is 11.6 Å². The van der Waals surface area contributed by atoms with Gasteiger partial charge in [-0.3, -0.25) is 9.25 Å². The van der Waals surface area contributed by atoms with Gasteiger partial charge >= 0.3 is 5.97 Å². The van der Waals surface area contributed by atoms with E-state index in [-0.39, 0.29) is 0 Å². The molecule has 0 bridgehead atoms. The summed E-state index contributed by atoms with van der Waals surface area (Å²) in [5.41, 5.74) is 1.58. The van der Waals surface area contributed by atoms with Crippen LogP contribution in [-0.4, -0.2) is 30.4 Å². The molecule has 6 heteroatoms. The van der Waals surface area contributed by atoms with E-state index in [0.29, 0.717) is 0 Å². The third-order valence-electron chi connectivity index (χ3n) is 3.05. The molecule has 0 amide bonds. The predicted octanol–water partition coefficient (Wildman–Crippen LogP) is 1.96. The molecule has 0 saturated carbocycles. The average Bonchev–Trinajstić information content (AvgIpc) is 2.91. The maximum Gasteiger partial charge on any atom is 0.328 e. The molecule has 0 unspecified atom stereocenters. The molecule has 0 spiro atoms. The van der Waals surface area contributed by atoms with Crippen LogP contribution in [0.4, 0.5) is 0 Å². The first-order valence-corrected chi connectivity index (χ1v) is 6.51. The number of rotatable bonds is 5. The third kappa shape index (κ3) is 2.64. The zero-order valence-corrected chi connectivity index (χ0v) is 11.9. The van der Waals surface area contributed by atoms with Crippen molar-refractivity contribution in [3.05, 3.63) is 35.6 Å². The molecular weight excluding hydrogens is 256 g/mol. The highest BCUT2D eigenvalue weighted by Gasteiger charge is 2.15. The number of carboxylic acid groups (broad SMARTS) is 1. The molecule has 0 aliphatic rings. The second-order valence-corrected chi connectivity index (χ2v) is 4.58. The number of hydrogen-bond acceptors (Lipinski definition) is 3. The standard InChI is InChI=1S/C14H18N4O2/c1-4-5-12-15-8-9-18(12)14-11(6-7-13(19)20)10(2)16-17(14)3/h6-9H,4-5H2,1-3H3,(H,19,20). The molecule has 0 atom stereocenters. The number of imidazole rings is 1. The van der Waals surface area contributed by atoms with Crippen LogP contribution in [0.5, 0.6) is 0 Å². The van der Waals surface area contributed by atoms with E-state index >= 15 is 0 Å². The molecule has 0 aromatic carbocycles. The van der Waals surface area contributed by atoms with Gasteiger partial charge in [0.2, 0.25) is 0 Å². The average molecular weight is 274 g/mol. The fraction of sp³-hybridized carbons (Fsp3) is 0.357. The molecule has 20 heavy (non-hydrogen) atoms. The summed E-state index contributed by atoms with van der Waals surface area (Å²) in [7, 11) is 1.84. The van der Waals surface area contributed by atoms with Crippen LogP contribution in [0.15, 0.2) is 18.5 Å². The molecule has 1 N–H and O–H groups in total. The molecule has 2 rings (SSSR count). The second kappa shape index (κ2) is 5.73. The molecule has 2 heterocycles. The van der Waals surface area contributed by atoms with Crippen LogP contribution in [0.3, 0.4) is 0 Å². The SMILES string of the molecule is CCCc1nccn1-c1c(C=CC(=O)O)c(C)nn1C. The molecule has 0 radical (unpaired) electrons. The van der Waals surface area contributed by atoms with Crippen LogP contribution < -0.4 is 0 Å². The summed E-state index contributed by atoms with van der Waals surface area (Å²) in [6, 6.07) is 0. The first kappa shape index (κ1) is 14.0. The van der Waals surface area contributed by atoms with Crippen molar-refractivity contribution in [2.24, 2.45) is 7.05 Å². The lowest BCUT2D eigenvalue weighted by Crippen LogP contribution is -2.07. The van der Waals surface area contributed by atoms with Gasteiger partial charge in [-0.2, -0.15) is 5.10 Å². The molecule has 6 nitrogen and oxygen atoms in total. The number of carbonyl (C=O) groups is 1. The fourth-order valence-electron chi connectivity index (χ4n) is 2.23. The Kier molecular flexibility index (Phi) is 4.02. The molecule has 0 fully saturated rings. The maximum absolute atomic E-state index is 10.7. The van der Waals surface area contributed by atoms with Gasteiger partial charge in [-0.05, 0) is 19.4 Å². The lowest BCUT2D eigenvalue weighted by atomic mass is 10.2. The van der Waals surface area contributed by atoms with Crippen molar-refractivity contribution < 1.29 is 9.90 Å². The van der Waals surface area contributed by atoms with Gasteiger partial charge in [-0.25, -0.2) is 9.78 Å². The first-order chi connectivity index (χ1) is 9.54. The van der Waals surface area contributed by atoms with Gasteiger partial charge in [0.05, 0.1) is 5.69 Å². The minimum Gasteiger partial charge on any atom is -0.478 e. The van der Waals surface area contributed by atoms with Crippen LogP contribution >= 0.6 is 0 Å². The zero-order chi connectivity index (χ0) is 14.7. The molecule has 2 aromatic heterocycles. The van der Waals surface area contributed by atoms with Crippen LogP contribution in [0.25, 0.3) is 11.9 Å². The van der Waals surface area contributed by atoms with Crippen molar-refractivity contribution in [1.29, 1.82) is 0 Å². The number of aliphatic carboxylic acids is 1. The zero-order valence-electron chi connectivity index (χ0n) is 11.9. The molecule has 0 aliphatic carbocycles. The Bertz CT molecular complexity index is 652. The molecule has 106 valence electrons. The van der Waals surface area contributed by atoms with E-state index in [0.717, 1.165) is 41.8 Å². The predicted molar refractivity (Wildman–Crippen MR) is 75.7 cm³/mol. The summed E-state index contributed by atoms with van der Waals surface area (Å²) in [5.74, 6) is 0.806. The number of aryl methyl sites for hydroxylation is 3. The van der Waals surface area contributed by atoms with E-state index in [1.165, 1.54) is 0 Å². The van der Waals surface area contributed by atoms with Gasteiger partial charge in [0, 0.05) is 37.5 Å². The summed E-state index contributed by atoms with van der Waals surface area (Å²) in [6.07, 6.45) is 8.19. The number of aromatic nitrogens is 4. The lowest BCUT2D eigenvalue weighted by Gasteiger charge is -2.09. The van der Waals surface area contributed by atoms with Crippen molar-refractivity contribution >= 4 is 12.0 Å². The van der Waals surface area contributed by atoms with E-state index in [2.05, 4.69) is 17.0 Å². The summed E-state index contributed by atoms with van der Waals surface area (Å²) >= 11 is 0. The van der Waals surface area contributed by atoms with Gasteiger partial charge in [0.25, 0.3) is 0 Å². The van der Waals surface area contributed by atoms with Gasteiger partial charge < -0.3 is 5.11 Å². The number of nitrogens with zero attached hydrogens (tertiary/aromatic N) is 4. The second-order valence-electron chi connectivity index (χ2n) is 4.58. The summed E-state index contributed by atoms with van der Waals surface area (Å²) in [4.78, 5) is 15.1. The molecule has 0 saturated heterocycles. The molecular formula is C14H18N4O2. The summed E-state index contributed by atoms with van der Waals surface area (Å²) in [5, 5.41) is 13.2. The minimum atomic E-state index is -0.974. The van der Waals surface area contributed by atoms with Crippen molar-refractivity contribution in [2.45, 2.75) is 26.7 Å². The first-order valence-electron chi connectivity index (χ1n) is 6.51. The van der Waals surface area contributed by atoms with Gasteiger partial charge in [0.15, 0.2) is 0 Å². The highest BCUT2D eigenvalue weighted by atomic mass is 16.4. The van der Waals surface area contributed by atoms with E-state index in [4.69, 9.17) is 5.11 Å². The fourth-order valence-corrected chi connectivity index (χ4v) is 2.23. The van der Waals surface area contributed by atoms with E-state index in [1.54, 1.807) is 17.0 Å². The summed E-state index contributed by atoms with van der Waals surface area (Å²) < 4.78 is 3.71. The normalized spacial score (nSPS) is 11.3. The van der Waals surface area contributed by atoms with Crippen molar-refractivity contribution in [3.8, 4) is 5.82 Å². The van der Waals surface area contributed by atoms with Gasteiger partial charge in [-0.15, -0.1) is 0 Å². The Hall–Kier alpha value is -2.37. The minimum absolute atomic E-state index is 0.788. The number of hydrogen-bond donors (Lipinski definition) is 1. The third-order valence-corrected chi connectivity index (χ3v) is 3.05. The van der Waals surface area contributed by atoms with Crippen LogP contribution in [0, 0.1) is 6.92 Å². The highest BCUT2D eigenvalue weighted by Crippen LogP contribution is 2.21. The Balaban J connectivity index is 2.55. The van der Waals surface area contributed by atoms with Crippen molar-refractivity contribution in [2.75, 3.05) is 0 Å². The van der Waals surface area contributed by atoms with E-state index in [9.17, 15) is 4.79 Å². The van der Waals surface area contributed by atoms with Crippen molar-refractivity contribution in [3.63, 3.8) is 0 Å². The van der Waals surface area contributed by atoms with E-state index in [1.807, 2.05) is 24.7 Å². The Morgan fingerprint density at radius 3 is 2.90 bits per heavy atom. The Labute approximate surface area is 117 Å². The smallest absolute Gasteiger partial charge is 0.328 e. The summed E-state index contributed by atoms with van der Waals surface area (Å²) in [6.45, 7) is 3.96. The topological polar surface area (TPSA) is 72.9 Å². The molecule has 2 aromatic rings. The Morgan fingerprint density at radius 2 is 2.25 bits per heavy atom. The lowest BCUT2D eigenvalue weighted by molar-refractivity contribution is -0.131. The maximum atomic E-state index is 10.7. The largest absolute Gasteiger partial charge is 0.478 e.